The van der Waals surface area contributed by atoms with Crippen molar-refractivity contribution in [3.63, 3.8) is 0 Å². The maximum absolute atomic E-state index is 12.5. The van der Waals surface area contributed by atoms with Crippen molar-refractivity contribution in [1.29, 1.82) is 0 Å². The summed E-state index contributed by atoms with van der Waals surface area (Å²) >= 11 is 9.49. The average Bonchev–Trinajstić information content (AvgIpc) is 1.95. The molecule has 0 N–H and O–H groups in total. The van der Waals surface area contributed by atoms with Crippen molar-refractivity contribution >= 4 is 24.2 Å². The van der Waals surface area contributed by atoms with Gasteiger partial charge in [0.25, 0.3) is 0 Å². The number of thiol groups is 1. The molecule has 0 heterocycles. The van der Waals surface area contributed by atoms with E-state index >= 15 is 0 Å². The standard InChI is InChI=1S/C7H6ClFS/c8-6-3-5(4-10)1-2-7(6)9/h1-3,10H,4H2. The largest absolute Gasteiger partial charge is 0.205 e. The van der Waals surface area contributed by atoms with E-state index < -0.39 is 0 Å². The summed E-state index contributed by atoms with van der Waals surface area (Å²) in [4.78, 5) is 0. The second kappa shape index (κ2) is 3.26. The first-order valence-electron chi connectivity index (χ1n) is 2.79. The van der Waals surface area contributed by atoms with Crippen LogP contribution >= 0.6 is 24.2 Å². The minimum atomic E-state index is -0.382. The molecule has 0 aliphatic heterocycles. The fraction of sp³-hybridized carbons (Fsp3) is 0.143. The van der Waals surface area contributed by atoms with Gasteiger partial charge in [-0.15, -0.1) is 0 Å². The van der Waals surface area contributed by atoms with Gasteiger partial charge < -0.3 is 0 Å². The molecule has 0 amide bonds. The number of hydrogen-bond donors (Lipinski definition) is 1. The van der Waals surface area contributed by atoms with Gasteiger partial charge in [-0.1, -0.05) is 17.7 Å². The summed E-state index contributed by atoms with van der Waals surface area (Å²) in [5.41, 5.74) is 0.926. The van der Waals surface area contributed by atoms with Crippen LogP contribution in [-0.4, -0.2) is 0 Å². The lowest BCUT2D eigenvalue weighted by atomic mass is 10.2. The zero-order chi connectivity index (χ0) is 7.56. The van der Waals surface area contributed by atoms with Crippen molar-refractivity contribution in [1.82, 2.24) is 0 Å². The van der Waals surface area contributed by atoms with Crippen LogP contribution in [0.1, 0.15) is 5.56 Å². The first kappa shape index (κ1) is 7.89. The maximum Gasteiger partial charge on any atom is 0.141 e. The molecule has 0 saturated heterocycles. The molecular formula is C7H6ClFS. The number of rotatable bonds is 1. The van der Waals surface area contributed by atoms with E-state index in [9.17, 15) is 4.39 Å². The zero-order valence-corrected chi connectivity index (χ0v) is 6.79. The zero-order valence-electron chi connectivity index (χ0n) is 5.14. The first-order chi connectivity index (χ1) is 4.74. The molecule has 0 unspecified atom stereocenters. The van der Waals surface area contributed by atoms with Gasteiger partial charge in [-0.25, -0.2) is 4.39 Å². The predicted molar refractivity (Wildman–Crippen MR) is 44.1 cm³/mol. The highest BCUT2D eigenvalue weighted by Gasteiger charge is 1.97. The van der Waals surface area contributed by atoms with Gasteiger partial charge in [-0.2, -0.15) is 12.6 Å². The molecule has 54 valence electrons. The number of benzene rings is 1. The summed E-state index contributed by atoms with van der Waals surface area (Å²) in [6.07, 6.45) is 0. The Hall–Kier alpha value is -0.210. The Balaban J connectivity index is 3.04. The van der Waals surface area contributed by atoms with Crippen molar-refractivity contribution in [2.24, 2.45) is 0 Å². The molecule has 0 spiro atoms. The summed E-state index contributed by atoms with van der Waals surface area (Å²) in [5, 5.41) is 0.159. The molecule has 0 saturated carbocycles. The van der Waals surface area contributed by atoms with Gasteiger partial charge in [0.1, 0.15) is 5.82 Å². The molecule has 0 aliphatic rings. The summed E-state index contributed by atoms with van der Waals surface area (Å²) < 4.78 is 12.5. The second-order valence-corrected chi connectivity index (χ2v) is 2.63. The number of hydrogen-bond acceptors (Lipinski definition) is 1. The fourth-order valence-corrected chi connectivity index (χ4v) is 1.04. The van der Waals surface area contributed by atoms with E-state index in [4.69, 9.17) is 11.6 Å². The molecule has 0 bridgehead atoms. The van der Waals surface area contributed by atoms with Gasteiger partial charge in [0.15, 0.2) is 0 Å². The Kier molecular flexibility index (Phi) is 2.57. The van der Waals surface area contributed by atoms with E-state index in [1.165, 1.54) is 6.07 Å². The van der Waals surface area contributed by atoms with Crippen LogP contribution in [0, 0.1) is 5.82 Å². The van der Waals surface area contributed by atoms with Crippen molar-refractivity contribution in [3.8, 4) is 0 Å². The Morgan fingerprint density at radius 1 is 1.50 bits per heavy atom. The molecule has 1 rings (SSSR count). The van der Waals surface area contributed by atoms with E-state index in [0.29, 0.717) is 5.75 Å². The van der Waals surface area contributed by atoms with E-state index in [1.807, 2.05) is 0 Å². The molecule has 3 heteroatoms. The molecule has 0 aromatic heterocycles. The SMILES string of the molecule is Fc1ccc(CS)cc1Cl. The van der Waals surface area contributed by atoms with Crippen LogP contribution in [0.3, 0.4) is 0 Å². The van der Waals surface area contributed by atoms with Gasteiger partial charge in [-0.05, 0) is 17.7 Å². The van der Waals surface area contributed by atoms with Gasteiger partial charge >= 0.3 is 0 Å². The van der Waals surface area contributed by atoms with Crippen molar-refractivity contribution in [3.05, 3.63) is 34.6 Å². The van der Waals surface area contributed by atoms with Crippen LogP contribution in [0.5, 0.6) is 0 Å². The molecule has 0 fully saturated rings. The molecule has 0 atom stereocenters. The van der Waals surface area contributed by atoms with E-state index in [0.717, 1.165) is 5.56 Å². The highest BCUT2D eigenvalue weighted by molar-refractivity contribution is 7.79. The Morgan fingerprint density at radius 3 is 2.70 bits per heavy atom. The lowest BCUT2D eigenvalue weighted by molar-refractivity contribution is 0.628. The third-order valence-electron chi connectivity index (χ3n) is 1.17. The molecule has 1 aromatic rings. The minimum absolute atomic E-state index is 0.159. The van der Waals surface area contributed by atoms with Crippen LogP contribution in [0.25, 0.3) is 0 Å². The molecule has 0 aliphatic carbocycles. The second-order valence-electron chi connectivity index (χ2n) is 1.91. The smallest absolute Gasteiger partial charge is 0.141 e. The molecular weight excluding hydrogens is 171 g/mol. The van der Waals surface area contributed by atoms with Crippen LogP contribution in [0.4, 0.5) is 4.39 Å². The minimum Gasteiger partial charge on any atom is -0.205 e. The fourth-order valence-electron chi connectivity index (χ4n) is 0.638. The summed E-state index contributed by atoms with van der Waals surface area (Å²) in [6.45, 7) is 0. The van der Waals surface area contributed by atoms with Gasteiger partial charge in [0.2, 0.25) is 0 Å². The monoisotopic (exact) mass is 176 g/mol. The van der Waals surface area contributed by atoms with Crippen LogP contribution in [0.15, 0.2) is 18.2 Å². The van der Waals surface area contributed by atoms with Crippen LogP contribution in [-0.2, 0) is 5.75 Å². The molecule has 10 heavy (non-hydrogen) atoms. The van der Waals surface area contributed by atoms with Crippen LogP contribution < -0.4 is 0 Å². The summed E-state index contributed by atoms with van der Waals surface area (Å²) in [6, 6.07) is 4.58. The highest BCUT2D eigenvalue weighted by atomic mass is 35.5. The lowest BCUT2D eigenvalue weighted by Gasteiger charge is -1.96. The molecule has 1 aromatic carbocycles. The van der Waals surface area contributed by atoms with Gasteiger partial charge in [-0.3, -0.25) is 0 Å². The van der Waals surface area contributed by atoms with Crippen LogP contribution in [0.2, 0.25) is 5.02 Å². The Morgan fingerprint density at radius 2 is 2.20 bits per heavy atom. The van der Waals surface area contributed by atoms with Crippen molar-refractivity contribution in [2.75, 3.05) is 0 Å². The van der Waals surface area contributed by atoms with E-state index in [2.05, 4.69) is 12.6 Å². The van der Waals surface area contributed by atoms with E-state index in [-0.39, 0.29) is 10.8 Å². The Labute approximate surface area is 69.4 Å². The normalized spacial score (nSPS) is 9.90. The van der Waals surface area contributed by atoms with Crippen molar-refractivity contribution in [2.45, 2.75) is 5.75 Å². The topological polar surface area (TPSA) is 0 Å². The van der Waals surface area contributed by atoms with E-state index in [1.54, 1.807) is 12.1 Å². The first-order valence-corrected chi connectivity index (χ1v) is 3.80. The van der Waals surface area contributed by atoms with Gasteiger partial charge in [0.05, 0.1) is 5.02 Å². The predicted octanol–water partition coefficient (Wildman–Crippen LogP) is 2.91. The molecule has 0 radical (unpaired) electrons. The third-order valence-corrected chi connectivity index (χ3v) is 1.82. The maximum atomic E-state index is 12.5. The number of halogens is 2. The van der Waals surface area contributed by atoms with Gasteiger partial charge in [0, 0.05) is 5.75 Å². The quantitative estimate of drug-likeness (QED) is 0.625. The summed E-state index contributed by atoms with van der Waals surface area (Å²) in [5.74, 6) is 0.201. The molecule has 0 nitrogen and oxygen atoms in total. The third kappa shape index (κ3) is 1.64. The lowest BCUT2D eigenvalue weighted by Crippen LogP contribution is -1.80. The average molecular weight is 177 g/mol. The summed E-state index contributed by atoms with van der Waals surface area (Å²) in [7, 11) is 0. The van der Waals surface area contributed by atoms with Crippen molar-refractivity contribution < 1.29 is 4.39 Å². The highest BCUT2D eigenvalue weighted by Crippen LogP contribution is 2.16. The Bertz CT molecular complexity index is 237.